The Morgan fingerprint density at radius 1 is 1.62 bits per heavy atom. The molecule has 0 saturated carbocycles. The predicted molar refractivity (Wildman–Crippen MR) is 65.4 cm³/mol. The molecule has 1 aromatic heterocycles. The molecule has 0 amide bonds. The van der Waals surface area contributed by atoms with Crippen LogP contribution in [0, 0.1) is 0 Å². The molecule has 1 aliphatic rings. The molecular formula is C10H19N5S. The van der Waals surface area contributed by atoms with Gasteiger partial charge in [0.1, 0.15) is 0 Å². The first-order valence-electron chi connectivity index (χ1n) is 5.92. The minimum absolute atomic E-state index is 0.228. The third-order valence-electron chi connectivity index (χ3n) is 2.86. The van der Waals surface area contributed by atoms with Gasteiger partial charge in [0.25, 0.3) is 0 Å². The normalized spacial score (nSPS) is 22.5. The molecule has 0 radical (unpaired) electrons. The molecule has 1 aliphatic heterocycles. The van der Waals surface area contributed by atoms with Gasteiger partial charge in [-0.1, -0.05) is 6.92 Å². The van der Waals surface area contributed by atoms with E-state index in [9.17, 15) is 0 Å². The average molecular weight is 241 g/mol. The van der Waals surface area contributed by atoms with Gasteiger partial charge >= 0.3 is 0 Å². The SMILES string of the molecule is CCNC(C)c1nnnn1CC1CCCS1. The number of aromatic nitrogens is 4. The highest BCUT2D eigenvalue weighted by atomic mass is 32.2. The molecule has 2 unspecified atom stereocenters. The number of rotatable bonds is 5. The van der Waals surface area contributed by atoms with Crippen molar-refractivity contribution in [1.29, 1.82) is 0 Å². The molecule has 1 fully saturated rings. The van der Waals surface area contributed by atoms with Crippen LogP contribution in [0.4, 0.5) is 0 Å². The van der Waals surface area contributed by atoms with Crippen LogP contribution in [0.3, 0.4) is 0 Å². The first-order valence-corrected chi connectivity index (χ1v) is 6.97. The molecule has 0 aromatic carbocycles. The maximum Gasteiger partial charge on any atom is 0.167 e. The topological polar surface area (TPSA) is 55.6 Å². The highest BCUT2D eigenvalue weighted by Gasteiger charge is 2.20. The van der Waals surface area contributed by atoms with E-state index in [0.717, 1.165) is 18.9 Å². The molecule has 0 aliphatic carbocycles. The van der Waals surface area contributed by atoms with Crippen molar-refractivity contribution in [2.24, 2.45) is 0 Å². The number of thioether (sulfide) groups is 1. The molecular weight excluding hydrogens is 222 g/mol. The number of hydrogen-bond acceptors (Lipinski definition) is 5. The number of nitrogens with zero attached hydrogens (tertiary/aromatic N) is 4. The van der Waals surface area contributed by atoms with Gasteiger partial charge in [-0.3, -0.25) is 0 Å². The summed E-state index contributed by atoms with van der Waals surface area (Å²) >= 11 is 2.04. The van der Waals surface area contributed by atoms with Crippen LogP contribution in [0.1, 0.15) is 38.6 Å². The highest BCUT2D eigenvalue weighted by molar-refractivity contribution is 8.00. The quantitative estimate of drug-likeness (QED) is 0.840. The fourth-order valence-corrected chi connectivity index (χ4v) is 3.28. The fourth-order valence-electron chi connectivity index (χ4n) is 2.03. The first kappa shape index (κ1) is 11.9. The second-order valence-electron chi connectivity index (χ2n) is 4.13. The molecule has 90 valence electrons. The Morgan fingerprint density at radius 2 is 2.50 bits per heavy atom. The molecule has 2 rings (SSSR count). The minimum atomic E-state index is 0.228. The van der Waals surface area contributed by atoms with Gasteiger partial charge in [-0.25, -0.2) is 4.68 Å². The molecule has 0 bridgehead atoms. The van der Waals surface area contributed by atoms with Crippen molar-refractivity contribution in [3.05, 3.63) is 5.82 Å². The van der Waals surface area contributed by atoms with Gasteiger partial charge in [0.05, 0.1) is 12.6 Å². The molecule has 1 N–H and O–H groups in total. The minimum Gasteiger partial charge on any atom is -0.308 e. The average Bonchev–Trinajstić information content (AvgIpc) is 2.90. The van der Waals surface area contributed by atoms with Crippen molar-refractivity contribution < 1.29 is 0 Å². The van der Waals surface area contributed by atoms with Gasteiger partial charge in [-0.05, 0) is 42.5 Å². The van der Waals surface area contributed by atoms with Crippen LogP contribution >= 0.6 is 11.8 Å². The monoisotopic (exact) mass is 241 g/mol. The van der Waals surface area contributed by atoms with Gasteiger partial charge in [0.15, 0.2) is 5.82 Å². The van der Waals surface area contributed by atoms with Gasteiger partial charge < -0.3 is 5.32 Å². The zero-order chi connectivity index (χ0) is 11.4. The summed E-state index contributed by atoms with van der Waals surface area (Å²) in [5.41, 5.74) is 0. The van der Waals surface area contributed by atoms with Crippen molar-refractivity contribution in [3.63, 3.8) is 0 Å². The Hall–Kier alpha value is -0.620. The predicted octanol–water partition coefficient (Wildman–Crippen LogP) is 1.24. The molecule has 1 saturated heterocycles. The van der Waals surface area contributed by atoms with E-state index in [0.29, 0.717) is 5.25 Å². The van der Waals surface area contributed by atoms with Gasteiger partial charge in [-0.2, -0.15) is 11.8 Å². The fraction of sp³-hybridized carbons (Fsp3) is 0.900. The van der Waals surface area contributed by atoms with Crippen molar-refractivity contribution in [2.75, 3.05) is 12.3 Å². The summed E-state index contributed by atoms with van der Waals surface area (Å²) in [6, 6.07) is 0.228. The number of hydrogen-bond donors (Lipinski definition) is 1. The summed E-state index contributed by atoms with van der Waals surface area (Å²) in [5.74, 6) is 2.24. The molecule has 2 heterocycles. The zero-order valence-electron chi connectivity index (χ0n) is 9.89. The smallest absolute Gasteiger partial charge is 0.167 e. The lowest BCUT2D eigenvalue weighted by Gasteiger charge is -2.14. The Bertz CT molecular complexity index is 321. The molecule has 6 heteroatoms. The summed E-state index contributed by atoms with van der Waals surface area (Å²) < 4.78 is 1.95. The summed E-state index contributed by atoms with van der Waals surface area (Å²) in [6.07, 6.45) is 2.62. The van der Waals surface area contributed by atoms with Crippen LogP contribution < -0.4 is 5.32 Å². The largest absolute Gasteiger partial charge is 0.308 e. The van der Waals surface area contributed by atoms with Crippen LogP contribution in [0.5, 0.6) is 0 Å². The Kier molecular flexibility index (Phi) is 4.17. The van der Waals surface area contributed by atoms with E-state index in [1.54, 1.807) is 0 Å². The maximum atomic E-state index is 4.11. The maximum absolute atomic E-state index is 4.11. The van der Waals surface area contributed by atoms with Crippen molar-refractivity contribution in [1.82, 2.24) is 25.5 Å². The van der Waals surface area contributed by atoms with E-state index in [-0.39, 0.29) is 6.04 Å². The summed E-state index contributed by atoms with van der Waals surface area (Å²) in [6.45, 7) is 6.08. The van der Waals surface area contributed by atoms with Gasteiger partial charge in [0, 0.05) is 5.25 Å². The highest BCUT2D eigenvalue weighted by Crippen LogP contribution is 2.27. The summed E-state index contributed by atoms with van der Waals surface area (Å²) in [7, 11) is 0. The molecule has 5 nitrogen and oxygen atoms in total. The van der Waals surface area contributed by atoms with E-state index in [1.165, 1.54) is 18.6 Å². The van der Waals surface area contributed by atoms with Crippen molar-refractivity contribution in [2.45, 2.75) is 44.5 Å². The molecule has 2 atom stereocenters. The Balaban J connectivity index is 2.00. The van der Waals surface area contributed by atoms with E-state index >= 15 is 0 Å². The second-order valence-corrected chi connectivity index (χ2v) is 5.54. The Morgan fingerprint density at radius 3 is 3.19 bits per heavy atom. The van der Waals surface area contributed by atoms with Crippen molar-refractivity contribution in [3.8, 4) is 0 Å². The van der Waals surface area contributed by atoms with Crippen LogP contribution in [0.2, 0.25) is 0 Å². The lowest BCUT2D eigenvalue weighted by molar-refractivity contribution is 0.486. The summed E-state index contributed by atoms with van der Waals surface area (Å²) in [5, 5.41) is 16.0. The standard InChI is InChI=1S/C10H19N5S/c1-3-11-8(2)10-12-13-14-15(10)7-9-5-4-6-16-9/h8-9,11H,3-7H2,1-2H3. The Labute approximate surface area is 100 Å². The van der Waals surface area contributed by atoms with E-state index in [4.69, 9.17) is 0 Å². The molecule has 1 aromatic rings. The van der Waals surface area contributed by atoms with Crippen LogP contribution in [-0.2, 0) is 6.54 Å². The lowest BCUT2D eigenvalue weighted by atomic mass is 10.2. The number of nitrogens with one attached hydrogen (secondary N) is 1. The third kappa shape index (κ3) is 2.74. The molecule has 0 spiro atoms. The van der Waals surface area contributed by atoms with Crippen LogP contribution in [0.15, 0.2) is 0 Å². The van der Waals surface area contributed by atoms with Crippen molar-refractivity contribution >= 4 is 11.8 Å². The third-order valence-corrected chi connectivity index (χ3v) is 4.24. The zero-order valence-corrected chi connectivity index (χ0v) is 10.7. The second kappa shape index (κ2) is 5.63. The van der Waals surface area contributed by atoms with E-state index in [2.05, 4.69) is 34.7 Å². The first-order chi connectivity index (χ1) is 7.81. The number of tetrazole rings is 1. The van der Waals surface area contributed by atoms with Gasteiger partial charge in [-0.15, -0.1) is 5.10 Å². The van der Waals surface area contributed by atoms with Gasteiger partial charge in [0.2, 0.25) is 0 Å². The van der Waals surface area contributed by atoms with E-state index in [1.807, 2.05) is 16.4 Å². The summed E-state index contributed by atoms with van der Waals surface area (Å²) in [4.78, 5) is 0. The van der Waals surface area contributed by atoms with Crippen LogP contribution in [-0.4, -0.2) is 37.8 Å². The molecule has 16 heavy (non-hydrogen) atoms. The van der Waals surface area contributed by atoms with Crippen LogP contribution in [0.25, 0.3) is 0 Å². The van der Waals surface area contributed by atoms with E-state index < -0.39 is 0 Å². The lowest BCUT2D eigenvalue weighted by Crippen LogP contribution is -2.24.